The number of aryl methyl sites for hydroxylation is 1. The van der Waals surface area contributed by atoms with E-state index in [1.54, 1.807) is 6.07 Å². The Balaban J connectivity index is 2.39. The van der Waals surface area contributed by atoms with Crippen LogP contribution in [0.25, 0.3) is 0 Å². The number of benzene rings is 1. The summed E-state index contributed by atoms with van der Waals surface area (Å²) < 4.78 is 18.3. The molecule has 1 aromatic rings. The predicted molar refractivity (Wildman–Crippen MR) is 66.6 cm³/mol. The van der Waals surface area contributed by atoms with Crippen molar-refractivity contribution < 1.29 is 14.2 Å². The van der Waals surface area contributed by atoms with Gasteiger partial charge in [0.2, 0.25) is 0 Å². The van der Waals surface area contributed by atoms with Gasteiger partial charge in [0.15, 0.2) is 0 Å². The highest BCUT2D eigenvalue weighted by atomic mass is 19.1. The molecule has 0 aliphatic heterocycles. The number of ether oxygens (including phenoxy) is 1. The van der Waals surface area contributed by atoms with Gasteiger partial charge in [0.1, 0.15) is 5.82 Å². The summed E-state index contributed by atoms with van der Waals surface area (Å²) in [4.78, 5) is 0. The number of halogens is 1. The molecular weight excluding hydrogens is 219 g/mol. The number of aliphatic hydroxyl groups is 1. The fourth-order valence-electron chi connectivity index (χ4n) is 1.78. The lowest BCUT2D eigenvalue weighted by atomic mass is 10.00. The Bertz CT molecular complexity index is 339. The number of hydrogen-bond donors (Lipinski definition) is 1. The summed E-state index contributed by atoms with van der Waals surface area (Å²) in [6, 6.07) is 4.69. The summed E-state index contributed by atoms with van der Waals surface area (Å²) in [6.45, 7) is 5.27. The van der Waals surface area contributed by atoms with E-state index in [4.69, 9.17) is 4.74 Å². The molecule has 1 atom stereocenters. The Morgan fingerprint density at radius 3 is 2.88 bits per heavy atom. The Kier molecular flexibility index (Phi) is 6.16. The van der Waals surface area contributed by atoms with Crippen LogP contribution in [0, 0.1) is 12.7 Å². The maximum atomic E-state index is 13.0. The lowest BCUT2D eigenvalue weighted by Crippen LogP contribution is -2.12. The molecule has 0 aromatic heterocycles. The van der Waals surface area contributed by atoms with E-state index in [-0.39, 0.29) is 5.82 Å². The SMILES string of the molecule is CCOCCCC(O)Cc1cc(F)ccc1C. The van der Waals surface area contributed by atoms with Gasteiger partial charge in [-0.05, 0) is 56.4 Å². The van der Waals surface area contributed by atoms with E-state index < -0.39 is 6.10 Å². The monoisotopic (exact) mass is 240 g/mol. The summed E-state index contributed by atoms with van der Waals surface area (Å²) in [5.41, 5.74) is 1.91. The molecule has 1 aromatic carbocycles. The van der Waals surface area contributed by atoms with E-state index in [2.05, 4.69) is 0 Å². The quantitative estimate of drug-likeness (QED) is 0.743. The number of hydrogen-bond acceptors (Lipinski definition) is 2. The van der Waals surface area contributed by atoms with Gasteiger partial charge in [0, 0.05) is 13.2 Å². The summed E-state index contributed by atoms with van der Waals surface area (Å²) in [5, 5.41) is 9.84. The molecule has 96 valence electrons. The smallest absolute Gasteiger partial charge is 0.123 e. The maximum Gasteiger partial charge on any atom is 0.123 e. The Labute approximate surface area is 102 Å². The molecule has 1 N–H and O–H groups in total. The third-order valence-electron chi connectivity index (χ3n) is 2.80. The zero-order valence-corrected chi connectivity index (χ0v) is 10.6. The zero-order valence-electron chi connectivity index (χ0n) is 10.6. The maximum absolute atomic E-state index is 13.0. The molecule has 0 aliphatic carbocycles. The molecule has 2 nitrogen and oxygen atoms in total. The van der Waals surface area contributed by atoms with Crippen LogP contribution in [-0.2, 0) is 11.2 Å². The molecule has 0 radical (unpaired) electrons. The Hall–Kier alpha value is -0.930. The zero-order chi connectivity index (χ0) is 12.7. The fourth-order valence-corrected chi connectivity index (χ4v) is 1.78. The lowest BCUT2D eigenvalue weighted by Gasteiger charge is -2.12. The fraction of sp³-hybridized carbons (Fsp3) is 0.571. The average molecular weight is 240 g/mol. The van der Waals surface area contributed by atoms with Crippen molar-refractivity contribution in [2.75, 3.05) is 13.2 Å². The highest BCUT2D eigenvalue weighted by Crippen LogP contribution is 2.14. The summed E-state index contributed by atoms with van der Waals surface area (Å²) in [7, 11) is 0. The first kappa shape index (κ1) is 14.1. The molecule has 0 fully saturated rings. The van der Waals surface area contributed by atoms with Crippen LogP contribution in [0.2, 0.25) is 0 Å². The molecule has 0 aliphatic rings. The third kappa shape index (κ3) is 5.29. The van der Waals surface area contributed by atoms with Gasteiger partial charge in [-0.1, -0.05) is 6.07 Å². The molecule has 0 bridgehead atoms. The highest BCUT2D eigenvalue weighted by Gasteiger charge is 2.08. The van der Waals surface area contributed by atoms with Crippen molar-refractivity contribution >= 4 is 0 Å². The highest BCUT2D eigenvalue weighted by molar-refractivity contribution is 5.27. The van der Waals surface area contributed by atoms with Crippen molar-refractivity contribution in [3.63, 3.8) is 0 Å². The van der Waals surface area contributed by atoms with Crippen LogP contribution in [0.4, 0.5) is 4.39 Å². The summed E-state index contributed by atoms with van der Waals surface area (Å²) in [5.74, 6) is -0.243. The minimum Gasteiger partial charge on any atom is -0.393 e. The molecule has 0 spiro atoms. The number of rotatable bonds is 7. The first-order valence-electron chi connectivity index (χ1n) is 6.14. The second-order valence-corrected chi connectivity index (χ2v) is 4.27. The predicted octanol–water partition coefficient (Wildman–Crippen LogP) is 2.85. The van der Waals surface area contributed by atoms with E-state index in [0.717, 1.165) is 17.5 Å². The van der Waals surface area contributed by atoms with Gasteiger partial charge in [-0.2, -0.15) is 0 Å². The van der Waals surface area contributed by atoms with E-state index in [1.807, 2.05) is 13.8 Å². The largest absolute Gasteiger partial charge is 0.393 e. The van der Waals surface area contributed by atoms with Crippen molar-refractivity contribution in [3.05, 3.63) is 35.1 Å². The van der Waals surface area contributed by atoms with Crippen LogP contribution < -0.4 is 0 Å². The molecule has 0 amide bonds. The molecule has 0 saturated heterocycles. The van der Waals surface area contributed by atoms with E-state index in [1.165, 1.54) is 12.1 Å². The summed E-state index contributed by atoms with van der Waals surface area (Å²) >= 11 is 0. The Morgan fingerprint density at radius 2 is 2.18 bits per heavy atom. The molecule has 0 saturated carbocycles. The molecular formula is C14H21FO2. The van der Waals surface area contributed by atoms with E-state index in [9.17, 15) is 9.50 Å². The molecule has 3 heteroatoms. The first-order valence-corrected chi connectivity index (χ1v) is 6.14. The van der Waals surface area contributed by atoms with Crippen LogP contribution in [0.3, 0.4) is 0 Å². The minimum absolute atomic E-state index is 0.243. The van der Waals surface area contributed by atoms with Crippen molar-refractivity contribution in [2.45, 2.75) is 39.2 Å². The van der Waals surface area contributed by atoms with Crippen molar-refractivity contribution in [2.24, 2.45) is 0 Å². The Morgan fingerprint density at radius 1 is 1.41 bits per heavy atom. The van der Waals surface area contributed by atoms with Gasteiger partial charge in [-0.15, -0.1) is 0 Å². The van der Waals surface area contributed by atoms with Gasteiger partial charge in [-0.3, -0.25) is 0 Å². The first-order chi connectivity index (χ1) is 8.13. The van der Waals surface area contributed by atoms with Crippen LogP contribution in [0.15, 0.2) is 18.2 Å². The van der Waals surface area contributed by atoms with Crippen molar-refractivity contribution in [1.82, 2.24) is 0 Å². The van der Waals surface area contributed by atoms with Gasteiger partial charge in [0.25, 0.3) is 0 Å². The molecule has 0 heterocycles. The lowest BCUT2D eigenvalue weighted by molar-refractivity contribution is 0.114. The van der Waals surface area contributed by atoms with Gasteiger partial charge < -0.3 is 9.84 Å². The molecule has 1 unspecified atom stereocenters. The normalized spacial score (nSPS) is 12.7. The standard InChI is InChI=1S/C14H21FO2/c1-3-17-8-4-5-14(16)10-12-9-13(15)7-6-11(12)2/h6-7,9,14,16H,3-5,8,10H2,1-2H3. The van der Waals surface area contributed by atoms with Crippen LogP contribution >= 0.6 is 0 Å². The van der Waals surface area contributed by atoms with Gasteiger partial charge >= 0.3 is 0 Å². The molecule has 17 heavy (non-hydrogen) atoms. The number of aliphatic hydroxyl groups excluding tert-OH is 1. The van der Waals surface area contributed by atoms with E-state index >= 15 is 0 Å². The van der Waals surface area contributed by atoms with Crippen molar-refractivity contribution in [1.29, 1.82) is 0 Å². The van der Waals surface area contributed by atoms with Gasteiger partial charge in [0.05, 0.1) is 6.10 Å². The van der Waals surface area contributed by atoms with Crippen LogP contribution in [-0.4, -0.2) is 24.4 Å². The van der Waals surface area contributed by atoms with Crippen LogP contribution in [0.1, 0.15) is 30.9 Å². The topological polar surface area (TPSA) is 29.5 Å². The third-order valence-corrected chi connectivity index (χ3v) is 2.80. The van der Waals surface area contributed by atoms with E-state index in [0.29, 0.717) is 26.1 Å². The molecule has 1 rings (SSSR count). The van der Waals surface area contributed by atoms with Crippen LogP contribution in [0.5, 0.6) is 0 Å². The summed E-state index contributed by atoms with van der Waals surface area (Å²) in [6.07, 6.45) is 1.62. The van der Waals surface area contributed by atoms with Crippen molar-refractivity contribution in [3.8, 4) is 0 Å². The second kappa shape index (κ2) is 7.41. The average Bonchev–Trinajstić information content (AvgIpc) is 2.29. The minimum atomic E-state index is -0.420. The van der Waals surface area contributed by atoms with Gasteiger partial charge in [-0.25, -0.2) is 4.39 Å². The second-order valence-electron chi connectivity index (χ2n) is 4.27.